The average molecular weight is 153 g/mol. The minimum atomic E-state index is 0.778. The van der Waals surface area contributed by atoms with Gasteiger partial charge in [0.1, 0.15) is 0 Å². The summed E-state index contributed by atoms with van der Waals surface area (Å²) in [6.07, 6.45) is 9.63. The van der Waals surface area contributed by atoms with Crippen molar-refractivity contribution >= 4 is 5.71 Å². The molecule has 0 aromatic rings. The van der Waals surface area contributed by atoms with Gasteiger partial charge in [0.05, 0.1) is 0 Å². The van der Waals surface area contributed by atoms with E-state index in [9.17, 15) is 0 Å². The maximum absolute atomic E-state index is 7.48. The van der Waals surface area contributed by atoms with Crippen LogP contribution in [0.4, 0.5) is 0 Å². The lowest BCUT2D eigenvalue weighted by Crippen LogP contribution is -1.90. The first-order valence-electron chi connectivity index (χ1n) is 4.55. The molecule has 0 aliphatic rings. The third-order valence-electron chi connectivity index (χ3n) is 1.60. The van der Waals surface area contributed by atoms with E-state index in [-0.39, 0.29) is 0 Å². The van der Waals surface area contributed by atoms with Crippen LogP contribution in [0.15, 0.2) is 12.2 Å². The van der Waals surface area contributed by atoms with Crippen LogP contribution in [0.3, 0.4) is 0 Å². The van der Waals surface area contributed by atoms with Crippen molar-refractivity contribution in [2.24, 2.45) is 0 Å². The maximum atomic E-state index is 7.48. The number of hydrogen-bond donors (Lipinski definition) is 1. The Kier molecular flexibility index (Phi) is 7.11. The van der Waals surface area contributed by atoms with Gasteiger partial charge in [-0.1, -0.05) is 32.8 Å². The van der Waals surface area contributed by atoms with Gasteiger partial charge >= 0.3 is 0 Å². The van der Waals surface area contributed by atoms with E-state index in [0.29, 0.717) is 0 Å². The minimum Gasteiger partial charge on any atom is -0.305 e. The normalized spacial score (nSPS) is 10.7. The number of nitrogens with one attached hydrogen (secondary N) is 1. The number of hydrogen-bond acceptors (Lipinski definition) is 1. The summed E-state index contributed by atoms with van der Waals surface area (Å²) in [6.45, 7) is 4.28. The molecule has 0 atom stereocenters. The van der Waals surface area contributed by atoms with Gasteiger partial charge in [0.15, 0.2) is 0 Å². The smallest absolute Gasteiger partial charge is 0.0310 e. The lowest BCUT2D eigenvalue weighted by molar-refractivity contribution is 0.741. The van der Waals surface area contributed by atoms with Crippen LogP contribution in [0.1, 0.15) is 46.0 Å². The summed E-state index contributed by atoms with van der Waals surface area (Å²) in [6, 6.07) is 0. The van der Waals surface area contributed by atoms with Crippen LogP contribution in [0, 0.1) is 5.41 Å². The zero-order valence-corrected chi connectivity index (χ0v) is 7.69. The summed E-state index contributed by atoms with van der Waals surface area (Å²) in [7, 11) is 0. The lowest BCUT2D eigenvalue weighted by atomic mass is 10.1. The third kappa shape index (κ3) is 7.31. The van der Waals surface area contributed by atoms with Gasteiger partial charge in [-0.05, 0) is 25.3 Å². The highest BCUT2D eigenvalue weighted by molar-refractivity contribution is 5.92. The minimum absolute atomic E-state index is 0.778. The van der Waals surface area contributed by atoms with Crippen molar-refractivity contribution in [1.82, 2.24) is 0 Å². The zero-order chi connectivity index (χ0) is 8.53. The second-order valence-electron chi connectivity index (χ2n) is 2.79. The Labute approximate surface area is 70.0 Å². The van der Waals surface area contributed by atoms with Crippen molar-refractivity contribution in [3.63, 3.8) is 0 Å². The van der Waals surface area contributed by atoms with E-state index in [1.807, 2.05) is 12.2 Å². The second-order valence-corrected chi connectivity index (χ2v) is 2.79. The number of allylic oxidation sites excluding steroid dienone is 2. The summed E-state index contributed by atoms with van der Waals surface area (Å²) in [4.78, 5) is 0. The van der Waals surface area contributed by atoms with Crippen molar-refractivity contribution in [3.05, 3.63) is 12.2 Å². The molecule has 0 radical (unpaired) electrons. The van der Waals surface area contributed by atoms with Crippen molar-refractivity contribution in [1.29, 1.82) is 5.41 Å². The van der Waals surface area contributed by atoms with E-state index in [0.717, 1.165) is 18.6 Å². The largest absolute Gasteiger partial charge is 0.305 e. The second kappa shape index (κ2) is 7.52. The maximum Gasteiger partial charge on any atom is 0.0310 e. The van der Waals surface area contributed by atoms with E-state index in [1.165, 1.54) is 19.3 Å². The highest BCUT2D eigenvalue weighted by atomic mass is 14.4. The fourth-order valence-corrected chi connectivity index (χ4v) is 0.909. The van der Waals surface area contributed by atoms with E-state index < -0.39 is 0 Å². The van der Waals surface area contributed by atoms with Crippen LogP contribution in [-0.4, -0.2) is 5.71 Å². The SMILES string of the molecule is CC/C=C\C(=N)CCCCC. The topological polar surface area (TPSA) is 23.9 Å². The molecule has 0 saturated carbocycles. The molecule has 0 fully saturated rings. The molecule has 0 heterocycles. The van der Waals surface area contributed by atoms with Crippen molar-refractivity contribution in [2.45, 2.75) is 46.0 Å². The highest BCUT2D eigenvalue weighted by Crippen LogP contribution is 2.00. The van der Waals surface area contributed by atoms with Crippen LogP contribution in [0.25, 0.3) is 0 Å². The first kappa shape index (κ1) is 10.4. The van der Waals surface area contributed by atoms with Crippen LogP contribution in [-0.2, 0) is 0 Å². The molecule has 0 saturated heterocycles. The molecule has 0 aromatic carbocycles. The standard InChI is InChI=1S/C10H19N/c1-3-5-7-9-10(11)8-6-4-2/h6,8,11H,3-5,7,9H2,1-2H3/b8-6-,11-10?. The first-order valence-corrected chi connectivity index (χ1v) is 4.55. The van der Waals surface area contributed by atoms with Gasteiger partial charge in [0, 0.05) is 5.71 Å². The molecule has 0 aliphatic heterocycles. The van der Waals surface area contributed by atoms with Crippen LogP contribution < -0.4 is 0 Å². The van der Waals surface area contributed by atoms with E-state index in [4.69, 9.17) is 5.41 Å². The van der Waals surface area contributed by atoms with Crippen LogP contribution >= 0.6 is 0 Å². The van der Waals surface area contributed by atoms with Crippen LogP contribution in [0.5, 0.6) is 0 Å². The molecule has 0 bridgehead atoms. The molecule has 1 nitrogen and oxygen atoms in total. The van der Waals surface area contributed by atoms with Crippen molar-refractivity contribution < 1.29 is 0 Å². The summed E-state index contributed by atoms with van der Waals surface area (Å²) >= 11 is 0. The van der Waals surface area contributed by atoms with Crippen molar-refractivity contribution in [2.75, 3.05) is 0 Å². The number of unbranched alkanes of at least 4 members (excludes halogenated alkanes) is 2. The Morgan fingerprint density at radius 2 is 2.00 bits per heavy atom. The molecular weight excluding hydrogens is 134 g/mol. The molecule has 0 spiro atoms. The van der Waals surface area contributed by atoms with Gasteiger partial charge < -0.3 is 5.41 Å². The Hall–Kier alpha value is -0.590. The monoisotopic (exact) mass is 153 g/mol. The molecule has 1 N–H and O–H groups in total. The van der Waals surface area contributed by atoms with Gasteiger partial charge in [-0.25, -0.2) is 0 Å². The zero-order valence-electron chi connectivity index (χ0n) is 7.69. The highest BCUT2D eigenvalue weighted by Gasteiger charge is 1.90. The summed E-state index contributed by atoms with van der Waals surface area (Å²) in [5, 5.41) is 7.48. The van der Waals surface area contributed by atoms with E-state index >= 15 is 0 Å². The Bertz CT molecular complexity index is 125. The predicted molar refractivity (Wildman–Crippen MR) is 51.3 cm³/mol. The fourth-order valence-electron chi connectivity index (χ4n) is 0.909. The molecule has 0 aliphatic carbocycles. The molecule has 0 unspecified atom stereocenters. The molecule has 0 aromatic heterocycles. The lowest BCUT2D eigenvalue weighted by Gasteiger charge is -1.95. The molecule has 0 rings (SSSR count). The van der Waals surface area contributed by atoms with Gasteiger partial charge in [-0.2, -0.15) is 0 Å². The van der Waals surface area contributed by atoms with Crippen molar-refractivity contribution in [3.8, 4) is 0 Å². The number of rotatable bonds is 6. The summed E-state index contributed by atoms with van der Waals surface area (Å²) in [5.41, 5.74) is 0.778. The Morgan fingerprint density at radius 1 is 1.27 bits per heavy atom. The molecule has 1 heteroatoms. The van der Waals surface area contributed by atoms with E-state index in [1.54, 1.807) is 0 Å². The molecule has 64 valence electrons. The molecule has 0 amide bonds. The van der Waals surface area contributed by atoms with E-state index in [2.05, 4.69) is 13.8 Å². The predicted octanol–water partition coefficient (Wildman–Crippen LogP) is 3.55. The van der Waals surface area contributed by atoms with Gasteiger partial charge in [0.2, 0.25) is 0 Å². The molecule has 11 heavy (non-hydrogen) atoms. The average Bonchev–Trinajstić information content (AvgIpc) is 2.01. The summed E-state index contributed by atoms with van der Waals surface area (Å²) < 4.78 is 0. The van der Waals surface area contributed by atoms with Gasteiger partial charge in [0.25, 0.3) is 0 Å². The Morgan fingerprint density at radius 3 is 2.55 bits per heavy atom. The van der Waals surface area contributed by atoms with Gasteiger partial charge in [-0.3, -0.25) is 0 Å². The first-order chi connectivity index (χ1) is 5.31. The van der Waals surface area contributed by atoms with Crippen LogP contribution in [0.2, 0.25) is 0 Å². The Balaban J connectivity index is 3.30. The quantitative estimate of drug-likeness (QED) is 0.445. The summed E-state index contributed by atoms with van der Waals surface area (Å²) in [5.74, 6) is 0. The van der Waals surface area contributed by atoms with Gasteiger partial charge in [-0.15, -0.1) is 0 Å². The molecular formula is C10H19N. The fraction of sp³-hybridized carbons (Fsp3) is 0.700. The third-order valence-corrected chi connectivity index (χ3v) is 1.60.